The van der Waals surface area contributed by atoms with Crippen molar-refractivity contribution < 1.29 is 29.3 Å². The Bertz CT molecular complexity index is 795. The number of methoxy groups -OCH3 is 2. The molecule has 0 spiro atoms. The van der Waals surface area contributed by atoms with E-state index in [2.05, 4.69) is 26.2 Å². The van der Waals surface area contributed by atoms with E-state index in [1.54, 1.807) is 12.1 Å². The van der Waals surface area contributed by atoms with Crippen molar-refractivity contribution in [2.75, 3.05) is 19.5 Å². The summed E-state index contributed by atoms with van der Waals surface area (Å²) in [6.45, 7) is 0. The quantitative estimate of drug-likeness (QED) is 0.650. The van der Waals surface area contributed by atoms with Crippen LogP contribution in [0.2, 0.25) is 0 Å². The molecule has 24 heavy (non-hydrogen) atoms. The minimum absolute atomic E-state index is 0.239. The second-order valence-corrected chi connectivity index (χ2v) is 5.61. The van der Waals surface area contributed by atoms with Crippen molar-refractivity contribution in [1.29, 1.82) is 0 Å². The zero-order valence-corrected chi connectivity index (χ0v) is 14.5. The van der Waals surface area contributed by atoms with Crippen LogP contribution in [0.1, 0.15) is 6.42 Å². The number of hydrogen-bond acceptors (Lipinski definition) is 6. The molecular weight excluding hydrogens is 384 g/mol. The number of rotatable bonds is 7. The lowest BCUT2D eigenvalue weighted by atomic mass is 10.1. The fraction of sp³-hybridized carbons (Fsp3) is 0.267. The fourth-order valence-electron chi connectivity index (χ4n) is 2.23. The number of ether oxygens (including phenoxy) is 2. The molecule has 1 unspecified atom stereocenters. The monoisotopic (exact) mass is 398 g/mol. The number of fused-ring (bicyclic) bond motifs is 1. The van der Waals surface area contributed by atoms with Crippen molar-refractivity contribution in [2.45, 2.75) is 12.5 Å². The highest BCUT2D eigenvalue weighted by atomic mass is 79.9. The Morgan fingerprint density at radius 1 is 1.29 bits per heavy atom. The second kappa shape index (κ2) is 7.35. The molecule has 1 aromatic carbocycles. The summed E-state index contributed by atoms with van der Waals surface area (Å²) in [5.74, 6) is -1.35. The number of halogens is 1. The molecule has 0 saturated carbocycles. The average Bonchev–Trinajstić information content (AvgIpc) is 2.54. The van der Waals surface area contributed by atoms with E-state index in [4.69, 9.17) is 14.6 Å². The Labute approximate surface area is 145 Å². The summed E-state index contributed by atoms with van der Waals surface area (Å²) in [6, 6.07) is 2.06. The number of aliphatic carboxylic acids is 2. The molecule has 128 valence electrons. The molecule has 0 bridgehead atoms. The highest BCUT2D eigenvalue weighted by Gasteiger charge is 2.23. The second-order valence-electron chi connectivity index (χ2n) is 4.81. The van der Waals surface area contributed by atoms with Crippen LogP contribution in [0.25, 0.3) is 10.8 Å². The van der Waals surface area contributed by atoms with Crippen molar-refractivity contribution in [2.24, 2.45) is 0 Å². The van der Waals surface area contributed by atoms with E-state index >= 15 is 0 Å². The molecule has 8 nitrogen and oxygen atoms in total. The van der Waals surface area contributed by atoms with Crippen LogP contribution in [0.3, 0.4) is 0 Å². The first kappa shape index (κ1) is 17.8. The summed E-state index contributed by atoms with van der Waals surface area (Å²) >= 11 is 3.43. The fourth-order valence-corrected chi connectivity index (χ4v) is 2.94. The molecule has 2 rings (SSSR count). The summed E-state index contributed by atoms with van der Waals surface area (Å²) in [5, 5.41) is 22.0. The van der Waals surface area contributed by atoms with Crippen molar-refractivity contribution in [3.05, 3.63) is 22.8 Å². The molecule has 0 aliphatic heterocycles. The summed E-state index contributed by atoms with van der Waals surface area (Å²) in [5.41, 5.74) is 0. The van der Waals surface area contributed by atoms with E-state index in [9.17, 15) is 14.7 Å². The Morgan fingerprint density at radius 2 is 2.00 bits per heavy atom. The topological polar surface area (TPSA) is 118 Å². The Morgan fingerprint density at radius 3 is 2.54 bits per heavy atom. The standard InChI is InChI=1S/C15H15BrN2O6/c1-23-10-5-8-7(12(16)13(10)24-2)3-4-17-14(8)18-9(15(21)22)6-11(19)20/h3-5,9H,6H2,1-2H3,(H,17,18)(H,19,20)(H,21,22). The van der Waals surface area contributed by atoms with E-state index in [1.807, 2.05) is 0 Å². The van der Waals surface area contributed by atoms with E-state index in [1.165, 1.54) is 20.4 Å². The van der Waals surface area contributed by atoms with Crippen molar-refractivity contribution in [1.82, 2.24) is 4.98 Å². The molecule has 0 saturated heterocycles. The molecule has 0 fully saturated rings. The van der Waals surface area contributed by atoms with Gasteiger partial charge in [0.15, 0.2) is 11.5 Å². The number of pyridine rings is 1. The van der Waals surface area contributed by atoms with Crippen LogP contribution in [0, 0.1) is 0 Å². The number of hydrogen-bond donors (Lipinski definition) is 3. The first-order valence-electron chi connectivity index (χ1n) is 6.79. The van der Waals surface area contributed by atoms with E-state index in [0.717, 1.165) is 0 Å². The van der Waals surface area contributed by atoms with Gasteiger partial charge >= 0.3 is 11.9 Å². The maximum absolute atomic E-state index is 11.3. The first-order valence-corrected chi connectivity index (χ1v) is 7.58. The molecular formula is C15H15BrN2O6. The SMILES string of the molecule is COc1cc2c(NC(CC(=O)O)C(=O)O)nccc2c(Br)c1OC. The highest BCUT2D eigenvalue weighted by molar-refractivity contribution is 9.10. The molecule has 0 aliphatic rings. The number of carboxylic acids is 2. The smallest absolute Gasteiger partial charge is 0.326 e. The lowest BCUT2D eigenvalue weighted by Gasteiger charge is -2.17. The van der Waals surface area contributed by atoms with Gasteiger partial charge in [0.1, 0.15) is 11.9 Å². The lowest BCUT2D eigenvalue weighted by molar-refractivity contribution is -0.144. The van der Waals surface area contributed by atoms with Crippen LogP contribution in [0.5, 0.6) is 11.5 Å². The molecule has 9 heteroatoms. The van der Waals surface area contributed by atoms with Gasteiger partial charge in [0.25, 0.3) is 0 Å². The van der Waals surface area contributed by atoms with Gasteiger partial charge in [-0.25, -0.2) is 9.78 Å². The van der Waals surface area contributed by atoms with Gasteiger partial charge in [-0.2, -0.15) is 0 Å². The number of nitrogens with zero attached hydrogens (tertiary/aromatic N) is 1. The Hall–Kier alpha value is -2.55. The maximum Gasteiger partial charge on any atom is 0.326 e. The van der Waals surface area contributed by atoms with Crippen LogP contribution in [-0.4, -0.2) is 47.4 Å². The summed E-state index contributed by atoms with van der Waals surface area (Å²) < 4.78 is 11.2. The lowest BCUT2D eigenvalue weighted by Crippen LogP contribution is -2.32. The van der Waals surface area contributed by atoms with Gasteiger partial charge in [-0.05, 0) is 28.1 Å². The van der Waals surface area contributed by atoms with Crippen molar-refractivity contribution in [3.63, 3.8) is 0 Å². The Balaban J connectivity index is 2.57. The maximum atomic E-state index is 11.3. The third-order valence-corrected chi connectivity index (χ3v) is 4.12. The predicted molar refractivity (Wildman–Crippen MR) is 89.8 cm³/mol. The minimum Gasteiger partial charge on any atom is -0.493 e. The van der Waals surface area contributed by atoms with Gasteiger partial charge < -0.3 is 25.0 Å². The van der Waals surface area contributed by atoms with Gasteiger partial charge in [-0.1, -0.05) is 0 Å². The van der Waals surface area contributed by atoms with Gasteiger partial charge in [-0.3, -0.25) is 4.79 Å². The van der Waals surface area contributed by atoms with E-state index < -0.39 is 24.4 Å². The average molecular weight is 399 g/mol. The molecule has 3 N–H and O–H groups in total. The Kier molecular flexibility index (Phi) is 5.45. The molecule has 0 aliphatic carbocycles. The number of anilines is 1. The largest absolute Gasteiger partial charge is 0.493 e. The zero-order valence-electron chi connectivity index (χ0n) is 12.9. The van der Waals surface area contributed by atoms with Gasteiger partial charge in [-0.15, -0.1) is 0 Å². The van der Waals surface area contributed by atoms with Crippen LogP contribution < -0.4 is 14.8 Å². The summed E-state index contributed by atoms with van der Waals surface area (Å²) in [7, 11) is 2.98. The number of carbonyl (C=O) groups is 2. The first-order chi connectivity index (χ1) is 11.4. The normalized spacial score (nSPS) is 11.8. The summed E-state index contributed by atoms with van der Waals surface area (Å²) in [4.78, 5) is 26.2. The molecule has 1 heterocycles. The van der Waals surface area contributed by atoms with Gasteiger partial charge in [0.05, 0.1) is 25.1 Å². The molecule has 1 atom stereocenters. The number of aromatic nitrogens is 1. The highest BCUT2D eigenvalue weighted by Crippen LogP contribution is 2.42. The van der Waals surface area contributed by atoms with E-state index in [-0.39, 0.29) is 5.82 Å². The predicted octanol–water partition coefficient (Wildman–Crippen LogP) is 2.35. The van der Waals surface area contributed by atoms with Gasteiger partial charge in [0.2, 0.25) is 0 Å². The molecule has 0 amide bonds. The van der Waals surface area contributed by atoms with Crippen LogP contribution in [0.4, 0.5) is 5.82 Å². The van der Waals surface area contributed by atoms with Gasteiger partial charge in [0, 0.05) is 17.0 Å². The zero-order chi connectivity index (χ0) is 17.9. The molecule has 2 aromatic rings. The number of benzene rings is 1. The van der Waals surface area contributed by atoms with Crippen molar-refractivity contribution in [3.8, 4) is 11.5 Å². The van der Waals surface area contributed by atoms with Crippen LogP contribution in [-0.2, 0) is 9.59 Å². The van der Waals surface area contributed by atoms with Crippen molar-refractivity contribution >= 4 is 44.5 Å². The number of nitrogens with one attached hydrogen (secondary N) is 1. The number of carboxylic acid groups (broad SMARTS) is 2. The van der Waals surface area contributed by atoms with Crippen LogP contribution >= 0.6 is 15.9 Å². The minimum atomic E-state index is -1.31. The van der Waals surface area contributed by atoms with Crippen LogP contribution in [0.15, 0.2) is 22.8 Å². The third-order valence-electron chi connectivity index (χ3n) is 3.34. The summed E-state index contributed by atoms with van der Waals surface area (Å²) in [6.07, 6.45) is 0.906. The third kappa shape index (κ3) is 3.51. The van der Waals surface area contributed by atoms with E-state index in [0.29, 0.717) is 26.7 Å². The molecule has 1 aromatic heterocycles. The molecule has 0 radical (unpaired) electrons.